The Kier molecular flexibility index (Phi) is 3.11. The van der Waals surface area contributed by atoms with E-state index in [2.05, 4.69) is 15.3 Å². The molecule has 1 aromatic heterocycles. The molecule has 2 aliphatic heterocycles. The predicted molar refractivity (Wildman–Crippen MR) is 75.5 cm³/mol. The first-order chi connectivity index (χ1) is 10.4. The van der Waals surface area contributed by atoms with Gasteiger partial charge >= 0.3 is 6.18 Å². The van der Waals surface area contributed by atoms with Gasteiger partial charge in [-0.3, -0.25) is 4.98 Å². The summed E-state index contributed by atoms with van der Waals surface area (Å²) in [6, 6.07) is 0. The molecule has 3 heterocycles. The van der Waals surface area contributed by atoms with Crippen molar-refractivity contribution < 1.29 is 13.2 Å². The van der Waals surface area contributed by atoms with Gasteiger partial charge in [-0.05, 0) is 30.6 Å². The molecule has 1 aliphatic carbocycles. The van der Waals surface area contributed by atoms with Crippen LogP contribution >= 0.6 is 0 Å². The highest BCUT2D eigenvalue weighted by Gasteiger charge is 2.48. The maximum atomic E-state index is 12.5. The number of rotatable bonds is 3. The molecule has 0 atom stereocenters. The number of nitrogens with one attached hydrogen (secondary N) is 1. The first-order valence-electron chi connectivity index (χ1n) is 7.77. The van der Waals surface area contributed by atoms with Crippen LogP contribution in [0.4, 0.5) is 19.0 Å². The molecule has 0 bridgehead atoms. The van der Waals surface area contributed by atoms with Crippen LogP contribution in [0.1, 0.15) is 18.5 Å². The van der Waals surface area contributed by atoms with Gasteiger partial charge in [-0.25, -0.2) is 4.98 Å². The second-order valence-corrected chi connectivity index (χ2v) is 7.09. The van der Waals surface area contributed by atoms with Crippen molar-refractivity contribution in [3.8, 4) is 0 Å². The van der Waals surface area contributed by atoms with Crippen LogP contribution in [0.25, 0.3) is 0 Å². The Bertz CT molecular complexity index is 539. The third kappa shape index (κ3) is 2.45. The largest absolute Gasteiger partial charge is 0.395 e. The lowest BCUT2D eigenvalue weighted by molar-refractivity contribution is -0.180. The van der Waals surface area contributed by atoms with Crippen LogP contribution in [0.15, 0.2) is 12.4 Å². The highest BCUT2D eigenvalue weighted by atomic mass is 19.4. The smallest absolute Gasteiger partial charge is 0.354 e. The summed E-state index contributed by atoms with van der Waals surface area (Å²) in [7, 11) is 0. The van der Waals surface area contributed by atoms with Gasteiger partial charge in [0.1, 0.15) is 5.82 Å². The van der Waals surface area contributed by atoms with E-state index < -0.39 is 12.1 Å². The summed E-state index contributed by atoms with van der Waals surface area (Å²) in [5.41, 5.74) is 1.51. The lowest BCUT2D eigenvalue weighted by Gasteiger charge is -2.54. The Labute approximate surface area is 127 Å². The Hall–Kier alpha value is -1.37. The molecular formula is C15H19F3N4. The summed E-state index contributed by atoms with van der Waals surface area (Å²) in [6.45, 7) is 2.28. The molecule has 1 N–H and O–H groups in total. The average molecular weight is 312 g/mol. The zero-order valence-corrected chi connectivity index (χ0v) is 12.2. The maximum absolute atomic E-state index is 12.5. The van der Waals surface area contributed by atoms with Crippen LogP contribution < -0.4 is 10.2 Å². The van der Waals surface area contributed by atoms with Gasteiger partial charge in [-0.2, -0.15) is 13.2 Å². The van der Waals surface area contributed by atoms with E-state index in [4.69, 9.17) is 0 Å². The zero-order valence-electron chi connectivity index (χ0n) is 12.2. The molecule has 0 radical (unpaired) electrons. The Morgan fingerprint density at radius 2 is 1.91 bits per heavy atom. The van der Waals surface area contributed by atoms with E-state index in [0.717, 1.165) is 25.2 Å². The average Bonchev–Trinajstić information content (AvgIpc) is 2.29. The summed E-state index contributed by atoms with van der Waals surface area (Å²) in [5.74, 6) is 0.00891. The number of hydrogen-bond donors (Lipinski definition) is 1. The van der Waals surface area contributed by atoms with Crippen molar-refractivity contribution in [2.24, 2.45) is 17.3 Å². The van der Waals surface area contributed by atoms with E-state index in [0.29, 0.717) is 17.2 Å². The van der Waals surface area contributed by atoms with E-state index >= 15 is 0 Å². The molecule has 3 fully saturated rings. The van der Waals surface area contributed by atoms with Gasteiger partial charge in [-0.15, -0.1) is 0 Å². The summed E-state index contributed by atoms with van der Waals surface area (Å²) in [4.78, 5) is 10.3. The third-order valence-electron chi connectivity index (χ3n) is 5.30. The van der Waals surface area contributed by atoms with Crippen LogP contribution in [-0.2, 0) is 6.42 Å². The molecule has 120 valence electrons. The van der Waals surface area contributed by atoms with Gasteiger partial charge in [0.2, 0.25) is 0 Å². The molecule has 7 heteroatoms. The van der Waals surface area contributed by atoms with Gasteiger partial charge in [0.05, 0.1) is 24.0 Å². The van der Waals surface area contributed by atoms with Crippen molar-refractivity contribution in [1.29, 1.82) is 0 Å². The Morgan fingerprint density at radius 3 is 2.41 bits per heavy atom. The van der Waals surface area contributed by atoms with E-state index in [-0.39, 0.29) is 13.1 Å². The molecule has 2 saturated heterocycles. The van der Waals surface area contributed by atoms with Crippen molar-refractivity contribution in [1.82, 2.24) is 15.3 Å². The fourth-order valence-electron chi connectivity index (χ4n) is 3.86. The number of alkyl halides is 3. The van der Waals surface area contributed by atoms with Gasteiger partial charge in [0.25, 0.3) is 0 Å². The second kappa shape index (κ2) is 4.81. The number of aromatic nitrogens is 2. The molecular weight excluding hydrogens is 293 g/mol. The van der Waals surface area contributed by atoms with Gasteiger partial charge in [0.15, 0.2) is 0 Å². The molecule has 3 aliphatic rings. The fourth-order valence-corrected chi connectivity index (χ4v) is 3.86. The minimum absolute atomic E-state index is 0.00429. The minimum Gasteiger partial charge on any atom is -0.354 e. The van der Waals surface area contributed by atoms with E-state index in [1.807, 2.05) is 0 Å². The number of hydrogen-bond acceptors (Lipinski definition) is 4. The maximum Gasteiger partial charge on any atom is 0.395 e. The molecule has 1 saturated carbocycles. The molecule has 4 rings (SSSR count). The van der Waals surface area contributed by atoms with Gasteiger partial charge in [0, 0.05) is 26.2 Å². The van der Waals surface area contributed by atoms with Crippen molar-refractivity contribution in [2.45, 2.75) is 25.4 Å². The SMILES string of the molecule is FC(F)(F)C1CN(c2cnc(CC3CC4(CNC4)C3)cn2)C1. The lowest BCUT2D eigenvalue weighted by atomic mass is 9.57. The van der Waals surface area contributed by atoms with Crippen molar-refractivity contribution in [3.63, 3.8) is 0 Å². The fraction of sp³-hybridized carbons (Fsp3) is 0.733. The Balaban J connectivity index is 1.28. The van der Waals surface area contributed by atoms with Gasteiger partial charge in [-0.1, -0.05) is 0 Å². The van der Waals surface area contributed by atoms with Crippen LogP contribution in [0.5, 0.6) is 0 Å². The molecule has 22 heavy (non-hydrogen) atoms. The Morgan fingerprint density at radius 1 is 1.18 bits per heavy atom. The molecule has 0 aromatic carbocycles. The number of nitrogens with zero attached hydrogens (tertiary/aromatic N) is 3. The van der Waals surface area contributed by atoms with E-state index in [9.17, 15) is 13.2 Å². The molecule has 0 amide bonds. The van der Waals surface area contributed by atoms with Crippen molar-refractivity contribution in [3.05, 3.63) is 18.1 Å². The predicted octanol–water partition coefficient (Wildman–Crippen LogP) is 2.02. The van der Waals surface area contributed by atoms with Crippen LogP contribution in [0, 0.1) is 17.3 Å². The normalized spacial score (nSPS) is 24.8. The van der Waals surface area contributed by atoms with Gasteiger partial charge < -0.3 is 10.2 Å². The molecule has 4 nitrogen and oxygen atoms in total. The van der Waals surface area contributed by atoms with Crippen LogP contribution in [0.2, 0.25) is 0 Å². The third-order valence-corrected chi connectivity index (χ3v) is 5.30. The summed E-state index contributed by atoms with van der Waals surface area (Å²) in [6.07, 6.45) is 2.67. The molecule has 1 aromatic rings. The lowest BCUT2D eigenvalue weighted by Crippen LogP contribution is -2.60. The first-order valence-corrected chi connectivity index (χ1v) is 7.77. The summed E-state index contributed by atoms with van der Waals surface area (Å²) < 4.78 is 37.4. The van der Waals surface area contributed by atoms with E-state index in [1.54, 1.807) is 17.3 Å². The first kappa shape index (κ1) is 14.2. The van der Waals surface area contributed by atoms with Crippen LogP contribution in [-0.4, -0.2) is 42.3 Å². The van der Waals surface area contributed by atoms with Crippen molar-refractivity contribution >= 4 is 5.82 Å². The highest BCUT2D eigenvalue weighted by Crippen LogP contribution is 2.49. The topological polar surface area (TPSA) is 41.1 Å². The van der Waals surface area contributed by atoms with Crippen molar-refractivity contribution in [2.75, 3.05) is 31.1 Å². The highest BCUT2D eigenvalue weighted by molar-refractivity contribution is 5.39. The quantitative estimate of drug-likeness (QED) is 0.927. The summed E-state index contributed by atoms with van der Waals surface area (Å²) in [5, 5.41) is 3.32. The standard InChI is InChI=1S/C15H19F3N4/c16-15(17,18)11-6-22(7-11)13-5-20-12(4-21-13)1-10-2-14(3-10)8-19-9-14/h4-5,10-11,19H,1-3,6-9H2. The molecule has 1 spiro atoms. The van der Waals surface area contributed by atoms with E-state index in [1.165, 1.54) is 12.8 Å². The van der Waals surface area contributed by atoms with Crippen LogP contribution in [0.3, 0.4) is 0 Å². The summed E-state index contributed by atoms with van der Waals surface area (Å²) >= 11 is 0. The number of anilines is 1. The monoisotopic (exact) mass is 312 g/mol. The zero-order chi connectivity index (χ0) is 15.4. The second-order valence-electron chi connectivity index (χ2n) is 7.09. The minimum atomic E-state index is -4.10. The number of halogens is 3. The molecule has 0 unspecified atom stereocenters.